The summed E-state index contributed by atoms with van der Waals surface area (Å²) in [5.41, 5.74) is 8.78. The first-order chi connectivity index (χ1) is 8.09. The van der Waals surface area contributed by atoms with Crippen molar-refractivity contribution < 1.29 is 0 Å². The van der Waals surface area contributed by atoms with Crippen molar-refractivity contribution in [3.63, 3.8) is 0 Å². The van der Waals surface area contributed by atoms with E-state index in [-0.39, 0.29) is 0 Å². The number of anilines is 3. The summed E-state index contributed by atoms with van der Waals surface area (Å²) in [6.45, 7) is 4.18. The molecule has 4 heteroatoms. The molecule has 0 radical (unpaired) electrons. The summed E-state index contributed by atoms with van der Waals surface area (Å²) in [5.74, 6) is 1.17. The number of aromatic nitrogens is 2. The third kappa shape index (κ3) is 2.25. The van der Waals surface area contributed by atoms with Gasteiger partial charge in [-0.3, -0.25) is 4.68 Å². The van der Waals surface area contributed by atoms with Crippen LogP contribution in [0.5, 0.6) is 0 Å². The predicted molar refractivity (Wildman–Crippen MR) is 71.4 cm³/mol. The van der Waals surface area contributed by atoms with E-state index in [1.807, 2.05) is 37.4 Å². The summed E-state index contributed by atoms with van der Waals surface area (Å²) in [7, 11) is 1.90. The molecule has 2 aromatic rings. The van der Waals surface area contributed by atoms with Crippen molar-refractivity contribution in [3.05, 3.63) is 36.0 Å². The number of para-hydroxylation sites is 1. The molecular formula is C13H18N4. The molecule has 0 atom stereocenters. The van der Waals surface area contributed by atoms with E-state index in [0.29, 0.717) is 5.92 Å². The molecule has 0 saturated heterocycles. The molecule has 4 nitrogen and oxygen atoms in total. The molecule has 17 heavy (non-hydrogen) atoms. The maximum absolute atomic E-state index is 6.11. The number of hydrogen-bond acceptors (Lipinski definition) is 3. The third-order valence-electron chi connectivity index (χ3n) is 2.70. The minimum Gasteiger partial charge on any atom is -0.394 e. The lowest BCUT2D eigenvalue weighted by atomic mass is 10.1. The zero-order valence-corrected chi connectivity index (χ0v) is 10.4. The van der Waals surface area contributed by atoms with Crippen molar-refractivity contribution >= 4 is 17.2 Å². The summed E-state index contributed by atoms with van der Waals surface area (Å²) in [6.07, 6.45) is 0. The second kappa shape index (κ2) is 4.49. The van der Waals surface area contributed by atoms with Crippen LogP contribution in [-0.2, 0) is 7.05 Å². The van der Waals surface area contributed by atoms with Crippen molar-refractivity contribution in [1.29, 1.82) is 0 Å². The van der Waals surface area contributed by atoms with Gasteiger partial charge in [-0.15, -0.1) is 0 Å². The van der Waals surface area contributed by atoms with Gasteiger partial charge in [0.25, 0.3) is 0 Å². The number of hydrogen-bond donors (Lipinski definition) is 2. The van der Waals surface area contributed by atoms with E-state index in [1.54, 1.807) is 4.68 Å². The van der Waals surface area contributed by atoms with Gasteiger partial charge in [-0.05, 0) is 18.1 Å². The van der Waals surface area contributed by atoms with Gasteiger partial charge < -0.3 is 11.1 Å². The minimum atomic E-state index is 0.326. The van der Waals surface area contributed by atoms with Crippen LogP contribution in [-0.4, -0.2) is 9.78 Å². The first-order valence-corrected chi connectivity index (χ1v) is 5.74. The highest BCUT2D eigenvalue weighted by Crippen LogP contribution is 2.29. The lowest BCUT2D eigenvalue weighted by Crippen LogP contribution is -2.00. The monoisotopic (exact) mass is 230 g/mol. The first kappa shape index (κ1) is 11.5. The lowest BCUT2D eigenvalue weighted by molar-refractivity contribution is 0.718. The van der Waals surface area contributed by atoms with Crippen LogP contribution in [0.2, 0.25) is 0 Å². The topological polar surface area (TPSA) is 55.9 Å². The summed E-state index contributed by atoms with van der Waals surface area (Å²) in [5, 5.41) is 7.73. The van der Waals surface area contributed by atoms with Crippen molar-refractivity contribution in [3.8, 4) is 0 Å². The maximum Gasteiger partial charge on any atom is 0.152 e. The van der Waals surface area contributed by atoms with Gasteiger partial charge in [-0.2, -0.15) is 5.10 Å². The van der Waals surface area contributed by atoms with E-state index in [1.165, 1.54) is 0 Å². The van der Waals surface area contributed by atoms with E-state index in [0.717, 1.165) is 22.9 Å². The number of aryl methyl sites for hydroxylation is 1. The molecule has 90 valence electrons. The summed E-state index contributed by atoms with van der Waals surface area (Å²) < 4.78 is 1.79. The highest BCUT2D eigenvalue weighted by molar-refractivity contribution is 5.71. The Hall–Kier alpha value is -1.97. The molecule has 0 aliphatic carbocycles. The van der Waals surface area contributed by atoms with Gasteiger partial charge in [-0.1, -0.05) is 32.0 Å². The van der Waals surface area contributed by atoms with Gasteiger partial charge in [0.2, 0.25) is 0 Å². The molecule has 3 N–H and O–H groups in total. The number of nitrogens with one attached hydrogen (secondary N) is 1. The third-order valence-corrected chi connectivity index (χ3v) is 2.70. The molecule has 0 bridgehead atoms. The van der Waals surface area contributed by atoms with Gasteiger partial charge in [0.05, 0.1) is 11.4 Å². The van der Waals surface area contributed by atoms with Crippen molar-refractivity contribution in [2.75, 3.05) is 11.1 Å². The van der Waals surface area contributed by atoms with E-state index >= 15 is 0 Å². The van der Waals surface area contributed by atoms with E-state index < -0.39 is 0 Å². The maximum atomic E-state index is 6.11. The standard InChI is InChI=1S/C13H18N4/c1-9(2)12-11(14)13(17(3)16-12)15-10-7-5-4-6-8-10/h4-9,15H,14H2,1-3H3. The van der Waals surface area contributed by atoms with Crippen LogP contribution in [0.3, 0.4) is 0 Å². The lowest BCUT2D eigenvalue weighted by Gasteiger charge is -2.07. The fourth-order valence-electron chi connectivity index (χ4n) is 1.79. The number of nitrogens with zero attached hydrogens (tertiary/aromatic N) is 2. The SMILES string of the molecule is CC(C)c1nn(C)c(Nc2ccccc2)c1N. The average molecular weight is 230 g/mol. The molecule has 0 aliphatic heterocycles. The number of rotatable bonds is 3. The van der Waals surface area contributed by atoms with Crippen molar-refractivity contribution in [2.24, 2.45) is 7.05 Å². The molecule has 0 fully saturated rings. The van der Waals surface area contributed by atoms with E-state index in [4.69, 9.17) is 5.73 Å². The van der Waals surface area contributed by atoms with Crippen LogP contribution in [0.25, 0.3) is 0 Å². The summed E-state index contributed by atoms with van der Waals surface area (Å²) in [4.78, 5) is 0. The Kier molecular flexibility index (Phi) is 3.04. The Bertz CT molecular complexity index is 500. The van der Waals surface area contributed by atoms with Crippen LogP contribution in [0, 0.1) is 0 Å². The molecule has 0 unspecified atom stereocenters. The minimum absolute atomic E-state index is 0.326. The van der Waals surface area contributed by atoms with Crippen molar-refractivity contribution in [2.45, 2.75) is 19.8 Å². The zero-order valence-electron chi connectivity index (χ0n) is 10.4. The Morgan fingerprint density at radius 1 is 1.24 bits per heavy atom. The number of nitrogens with two attached hydrogens (primary N) is 1. The van der Waals surface area contributed by atoms with Crippen LogP contribution in [0.4, 0.5) is 17.2 Å². The summed E-state index contributed by atoms with van der Waals surface area (Å²) in [6, 6.07) is 9.96. The molecule has 1 aromatic heterocycles. The van der Waals surface area contributed by atoms with Gasteiger partial charge in [-0.25, -0.2) is 0 Å². The summed E-state index contributed by atoms with van der Waals surface area (Å²) >= 11 is 0. The molecule has 0 aliphatic rings. The Balaban J connectivity index is 2.34. The molecule has 1 aromatic carbocycles. The fourth-order valence-corrected chi connectivity index (χ4v) is 1.79. The second-order valence-electron chi connectivity index (χ2n) is 4.42. The van der Waals surface area contributed by atoms with E-state index in [2.05, 4.69) is 24.3 Å². The molecular weight excluding hydrogens is 212 g/mol. The van der Waals surface area contributed by atoms with E-state index in [9.17, 15) is 0 Å². The molecule has 0 saturated carbocycles. The van der Waals surface area contributed by atoms with Gasteiger partial charge in [0.1, 0.15) is 0 Å². The molecule has 0 spiro atoms. The second-order valence-corrected chi connectivity index (χ2v) is 4.42. The van der Waals surface area contributed by atoms with Crippen LogP contribution < -0.4 is 11.1 Å². The quantitative estimate of drug-likeness (QED) is 0.852. The van der Waals surface area contributed by atoms with Gasteiger partial charge in [0, 0.05) is 12.7 Å². The van der Waals surface area contributed by atoms with Gasteiger partial charge >= 0.3 is 0 Å². The molecule has 1 heterocycles. The Morgan fingerprint density at radius 3 is 2.41 bits per heavy atom. The Morgan fingerprint density at radius 2 is 1.88 bits per heavy atom. The van der Waals surface area contributed by atoms with Crippen LogP contribution in [0.15, 0.2) is 30.3 Å². The largest absolute Gasteiger partial charge is 0.394 e. The fraction of sp³-hybridized carbons (Fsp3) is 0.308. The molecule has 0 amide bonds. The van der Waals surface area contributed by atoms with Crippen LogP contribution >= 0.6 is 0 Å². The number of benzene rings is 1. The highest BCUT2D eigenvalue weighted by Gasteiger charge is 2.15. The molecule has 2 rings (SSSR count). The highest BCUT2D eigenvalue weighted by atomic mass is 15.3. The normalized spacial score (nSPS) is 10.8. The Labute approximate surface area is 101 Å². The number of nitrogen functional groups attached to an aromatic ring is 1. The van der Waals surface area contributed by atoms with Crippen LogP contribution in [0.1, 0.15) is 25.5 Å². The van der Waals surface area contributed by atoms with Gasteiger partial charge in [0.15, 0.2) is 5.82 Å². The van der Waals surface area contributed by atoms with Crippen molar-refractivity contribution in [1.82, 2.24) is 9.78 Å². The first-order valence-electron chi connectivity index (χ1n) is 5.74. The predicted octanol–water partition coefficient (Wildman–Crippen LogP) is 2.87. The smallest absolute Gasteiger partial charge is 0.152 e. The zero-order chi connectivity index (χ0) is 12.4. The average Bonchev–Trinajstić information content (AvgIpc) is 2.58.